The molecule has 0 saturated carbocycles. The highest BCUT2D eigenvalue weighted by Crippen LogP contribution is 2.16. The van der Waals surface area contributed by atoms with E-state index in [4.69, 9.17) is 4.74 Å². The van der Waals surface area contributed by atoms with Crippen LogP contribution in [0.2, 0.25) is 0 Å². The van der Waals surface area contributed by atoms with Crippen molar-refractivity contribution in [3.05, 3.63) is 30.1 Å². The molecule has 0 aliphatic carbocycles. The van der Waals surface area contributed by atoms with Crippen molar-refractivity contribution < 1.29 is 13.2 Å². The molecule has 1 aromatic carbocycles. The first-order valence-electron chi connectivity index (χ1n) is 6.06. The van der Waals surface area contributed by atoms with Crippen molar-refractivity contribution in [3.63, 3.8) is 0 Å². The van der Waals surface area contributed by atoms with Gasteiger partial charge < -0.3 is 4.74 Å². The molecule has 2 rings (SSSR count). The molecular weight excluding hydrogens is 282 g/mol. The molecule has 20 heavy (non-hydrogen) atoms. The summed E-state index contributed by atoms with van der Waals surface area (Å²) in [7, 11) is -3.60. The Kier molecular flexibility index (Phi) is 4.64. The number of nitrogens with one attached hydrogen (secondary N) is 2. The van der Waals surface area contributed by atoms with Crippen LogP contribution in [0.25, 0.3) is 0 Å². The Bertz CT molecular complexity index is 625. The SMILES string of the molecule is CCCOc1ccc(S(=O)(=O)NCc2nn[nH]n2)cc1. The minimum atomic E-state index is -3.60. The van der Waals surface area contributed by atoms with E-state index in [1.165, 1.54) is 12.1 Å². The highest BCUT2D eigenvalue weighted by Gasteiger charge is 2.14. The highest BCUT2D eigenvalue weighted by atomic mass is 32.2. The standard InChI is InChI=1S/C11H15N5O3S/c1-2-7-19-9-3-5-10(6-4-9)20(17,18)12-8-11-13-15-16-14-11/h3-6,12H,2,7-8H2,1H3,(H,13,14,15,16). The van der Waals surface area contributed by atoms with E-state index in [0.29, 0.717) is 12.4 Å². The van der Waals surface area contributed by atoms with Crippen LogP contribution in [0.15, 0.2) is 29.2 Å². The first kappa shape index (κ1) is 14.4. The summed E-state index contributed by atoms with van der Waals surface area (Å²) in [5.74, 6) is 0.917. The first-order valence-corrected chi connectivity index (χ1v) is 7.55. The minimum Gasteiger partial charge on any atom is -0.494 e. The lowest BCUT2D eigenvalue weighted by Gasteiger charge is -2.07. The van der Waals surface area contributed by atoms with Crippen LogP contribution in [-0.2, 0) is 16.6 Å². The van der Waals surface area contributed by atoms with E-state index in [-0.39, 0.29) is 17.3 Å². The maximum Gasteiger partial charge on any atom is 0.240 e. The van der Waals surface area contributed by atoms with E-state index in [1.54, 1.807) is 12.1 Å². The van der Waals surface area contributed by atoms with Crippen LogP contribution in [0, 0.1) is 0 Å². The van der Waals surface area contributed by atoms with Crippen LogP contribution in [0.3, 0.4) is 0 Å². The topological polar surface area (TPSA) is 110 Å². The van der Waals surface area contributed by atoms with E-state index in [9.17, 15) is 8.42 Å². The maximum atomic E-state index is 12.0. The van der Waals surface area contributed by atoms with Crippen molar-refractivity contribution in [1.82, 2.24) is 25.3 Å². The van der Waals surface area contributed by atoms with Gasteiger partial charge in [-0.3, -0.25) is 0 Å². The lowest BCUT2D eigenvalue weighted by Crippen LogP contribution is -2.23. The summed E-state index contributed by atoms with van der Waals surface area (Å²) in [4.78, 5) is 0.157. The zero-order valence-electron chi connectivity index (χ0n) is 10.9. The van der Waals surface area contributed by atoms with Gasteiger partial charge in [-0.05, 0) is 30.7 Å². The lowest BCUT2D eigenvalue weighted by atomic mass is 10.3. The first-order chi connectivity index (χ1) is 9.62. The third-order valence-corrected chi connectivity index (χ3v) is 3.83. The zero-order chi connectivity index (χ0) is 14.4. The van der Waals surface area contributed by atoms with Crippen LogP contribution in [0.1, 0.15) is 19.2 Å². The van der Waals surface area contributed by atoms with Gasteiger partial charge in [0.25, 0.3) is 0 Å². The average Bonchev–Trinajstić information content (AvgIpc) is 2.97. The van der Waals surface area contributed by atoms with Crippen LogP contribution < -0.4 is 9.46 Å². The minimum absolute atomic E-state index is 0.0209. The maximum absolute atomic E-state index is 12.0. The Morgan fingerprint density at radius 3 is 2.65 bits per heavy atom. The molecule has 0 atom stereocenters. The van der Waals surface area contributed by atoms with Crippen molar-refractivity contribution in [1.29, 1.82) is 0 Å². The fourth-order valence-electron chi connectivity index (χ4n) is 1.44. The van der Waals surface area contributed by atoms with Crippen LogP contribution in [0.5, 0.6) is 5.75 Å². The van der Waals surface area contributed by atoms with Gasteiger partial charge in [-0.15, -0.1) is 10.2 Å². The van der Waals surface area contributed by atoms with Gasteiger partial charge in [-0.2, -0.15) is 5.21 Å². The smallest absolute Gasteiger partial charge is 0.240 e. The molecule has 0 aliphatic rings. The Morgan fingerprint density at radius 1 is 1.30 bits per heavy atom. The Hall–Kier alpha value is -2.00. The number of ether oxygens (including phenoxy) is 1. The van der Waals surface area contributed by atoms with E-state index in [0.717, 1.165) is 6.42 Å². The van der Waals surface area contributed by atoms with Crippen molar-refractivity contribution in [2.24, 2.45) is 0 Å². The summed E-state index contributed by atoms with van der Waals surface area (Å²) >= 11 is 0. The van der Waals surface area contributed by atoms with Crippen LogP contribution >= 0.6 is 0 Å². The number of H-pyrrole nitrogens is 1. The molecule has 0 unspecified atom stereocenters. The number of hydrogen-bond donors (Lipinski definition) is 2. The Morgan fingerprint density at radius 2 is 2.05 bits per heavy atom. The number of benzene rings is 1. The van der Waals surface area contributed by atoms with Crippen molar-refractivity contribution in [3.8, 4) is 5.75 Å². The molecule has 0 fully saturated rings. The van der Waals surface area contributed by atoms with E-state index >= 15 is 0 Å². The predicted molar refractivity (Wildman–Crippen MR) is 70.4 cm³/mol. The van der Waals surface area contributed by atoms with Gasteiger partial charge >= 0.3 is 0 Å². The number of aromatic nitrogens is 4. The van der Waals surface area contributed by atoms with Gasteiger partial charge in [-0.25, -0.2) is 13.1 Å². The van der Waals surface area contributed by atoms with Gasteiger partial charge in [-0.1, -0.05) is 12.1 Å². The fraction of sp³-hybridized carbons (Fsp3) is 0.364. The van der Waals surface area contributed by atoms with E-state index in [1.807, 2.05) is 6.92 Å². The largest absolute Gasteiger partial charge is 0.494 e. The van der Waals surface area contributed by atoms with Crippen molar-refractivity contribution in [2.45, 2.75) is 24.8 Å². The van der Waals surface area contributed by atoms with E-state index in [2.05, 4.69) is 25.3 Å². The number of tetrazole rings is 1. The van der Waals surface area contributed by atoms with Gasteiger partial charge in [0.15, 0.2) is 5.82 Å². The number of aromatic amines is 1. The third kappa shape index (κ3) is 3.75. The van der Waals surface area contributed by atoms with Gasteiger partial charge in [0.2, 0.25) is 10.0 Å². The van der Waals surface area contributed by atoms with Crippen molar-refractivity contribution >= 4 is 10.0 Å². The average molecular weight is 297 g/mol. The molecule has 0 radical (unpaired) electrons. The molecule has 1 heterocycles. The summed E-state index contributed by atoms with van der Waals surface area (Å²) in [5.41, 5.74) is 0. The second-order valence-electron chi connectivity index (χ2n) is 3.97. The Labute approximate surface area is 116 Å². The summed E-state index contributed by atoms with van der Waals surface area (Å²) in [6.45, 7) is 2.58. The molecule has 0 bridgehead atoms. The second kappa shape index (κ2) is 6.44. The molecule has 8 nitrogen and oxygen atoms in total. The van der Waals surface area contributed by atoms with E-state index < -0.39 is 10.0 Å². The molecule has 9 heteroatoms. The van der Waals surface area contributed by atoms with Crippen molar-refractivity contribution in [2.75, 3.05) is 6.61 Å². The lowest BCUT2D eigenvalue weighted by molar-refractivity contribution is 0.317. The molecule has 1 aromatic heterocycles. The fourth-order valence-corrected chi connectivity index (χ4v) is 2.42. The molecule has 2 aromatic rings. The summed E-state index contributed by atoms with van der Waals surface area (Å²) in [6, 6.07) is 6.23. The second-order valence-corrected chi connectivity index (χ2v) is 5.74. The molecule has 108 valence electrons. The molecule has 0 aliphatic heterocycles. The molecule has 0 spiro atoms. The summed E-state index contributed by atoms with van der Waals surface area (Å²) < 4.78 is 31.8. The third-order valence-electron chi connectivity index (χ3n) is 2.42. The van der Waals surface area contributed by atoms with Crippen LogP contribution in [0.4, 0.5) is 0 Å². The van der Waals surface area contributed by atoms with Gasteiger partial charge in [0, 0.05) is 0 Å². The number of nitrogens with zero attached hydrogens (tertiary/aromatic N) is 3. The van der Waals surface area contributed by atoms with Crippen LogP contribution in [-0.4, -0.2) is 35.6 Å². The summed E-state index contributed by atoms with van der Waals surface area (Å²) in [6.07, 6.45) is 0.895. The summed E-state index contributed by atoms with van der Waals surface area (Å²) in [5, 5.41) is 12.9. The highest BCUT2D eigenvalue weighted by molar-refractivity contribution is 7.89. The number of sulfonamides is 1. The normalized spacial score (nSPS) is 11.4. The number of hydrogen-bond acceptors (Lipinski definition) is 6. The monoisotopic (exact) mass is 297 g/mol. The molecule has 0 amide bonds. The quantitative estimate of drug-likeness (QED) is 0.768. The van der Waals surface area contributed by atoms with Gasteiger partial charge in [0.1, 0.15) is 5.75 Å². The Balaban J connectivity index is 2.01. The van der Waals surface area contributed by atoms with Gasteiger partial charge in [0.05, 0.1) is 18.0 Å². The zero-order valence-corrected chi connectivity index (χ0v) is 11.7. The predicted octanol–water partition coefficient (Wildman–Crippen LogP) is 0.467. The molecule has 2 N–H and O–H groups in total. The molecular formula is C11H15N5O3S. The molecule has 0 saturated heterocycles. The number of rotatable bonds is 7.